The van der Waals surface area contributed by atoms with Crippen LogP contribution in [0.4, 0.5) is 0 Å². The van der Waals surface area contributed by atoms with Crippen molar-refractivity contribution in [3.8, 4) is 11.5 Å². The molecule has 0 spiro atoms. The molecular formula is C18H20O2S. The first-order chi connectivity index (χ1) is 10.2. The Labute approximate surface area is 127 Å². The number of para-hydroxylation sites is 1. The smallest absolute Gasteiger partial charge is 0.131 e. The average molecular weight is 300 g/mol. The van der Waals surface area contributed by atoms with Crippen LogP contribution in [0.2, 0.25) is 0 Å². The predicted molar refractivity (Wildman–Crippen MR) is 88.1 cm³/mol. The Bertz CT molecular complexity index is 675. The van der Waals surface area contributed by atoms with Gasteiger partial charge in [0.05, 0.1) is 13.2 Å². The highest BCUT2D eigenvalue weighted by Crippen LogP contribution is 2.54. The van der Waals surface area contributed by atoms with Crippen molar-refractivity contribution >= 4 is 10.0 Å². The maximum absolute atomic E-state index is 6.04. The average Bonchev–Trinajstić information content (AvgIpc) is 2.53. The van der Waals surface area contributed by atoms with Gasteiger partial charge >= 0.3 is 0 Å². The summed E-state index contributed by atoms with van der Waals surface area (Å²) >= 11 is 0. The van der Waals surface area contributed by atoms with E-state index in [0.717, 1.165) is 31.1 Å². The summed E-state index contributed by atoms with van der Waals surface area (Å²) in [7, 11) is -0.710. The first kappa shape index (κ1) is 13.2. The van der Waals surface area contributed by atoms with Crippen LogP contribution < -0.4 is 4.74 Å². The van der Waals surface area contributed by atoms with E-state index in [1.165, 1.54) is 27.5 Å². The molecule has 0 bridgehead atoms. The zero-order valence-electron chi connectivity index (χ0n) is 12.3. The van der Waals surface area contributed by atoms with Crippen LogP contribution >= 0.6 is 10.0 Å². The molecule has 1 fully saturated rings. The van der Waals surface area contributed by atoms with Crippen LogP contribution in [0.3, 0.4) is 0 Å². The predicted octanol–water partition coefficient (Wildman–Crippen LogP) is 4.21. The molecule has 4 rings (SSSR count). The summed E-state index contributed by atoms with van der Waals surface area (Å²) in [5, 5.41) is 0. The third kappa shape index (κ3) is 2.34. The minimum absolute atomic E-state index is 0.710. The summed E-state index contributed by atoms with van der Waals surface area (Å²) in [6.07, 6.45) is 3.42. The van der Waals surface area contributed by atoms with Crippen molar-refractivity contribution in [2.24, 2.45) is 0 Å². The van der Waals surface area contributed by atoms with E-state index in [9.17, 15) is 0 Å². The second-order valence-corrected chi connectivity index (χ2v) is 9.79. The molecule has 0 unspecified atom stereocenters. The fourth-order valence-electron chi connectivity index (χ4n) is 3.10. The van der Waals surface area contributed by atoms with Crippen molar-refractivity contribution in [1.29, 1.82) is 0 Å². The molecule has 1 saturated heterocycles. The molecule has 2 heterocycles. The van der Waals surface area contributed by atoms with E-state index in [1.54, 1.807) is 0 Å². The molecule has 0 amide bonds. The van der Waals surface area contributed by atoms with Gasteiger partial charge in [0.2, 0.25) is 0 Å². The van der Waals surface area contributed by atoms with E-state index >= 15 is 0 Å². The molecule has 0 saturated carbocycles. The lowest BCUT2D eigenvalue weighted by molar-refractivity contribution is 0.159. The third-order valence-electron chi connectivity index (χ3n) is 4.53. The standard InChI is InChI=1S/C18H20O2S/c1-21(10-8-19-9-11-21)16-6-7-18-15(13-16)12-14-4-2-3-5-17(14)20-18/h2-7,13H,8-12H2,1H3. The second kappa shape index (κ2) is 5.08. The van der Waals surface area contributed by atoms with Gasteiger partial charge in [-0.3, -0.25) is 0 Å². The quantitative estimate of drug-likeness (QED) is 0.670. The van der Waals surface area contributed by atoms with E-state index < -0.39 is 10.0 Å². The van der Waals surface area contributed by atoms with E-state index in [2.05, 4.69) is 42.7 Å². The van der Waals surface area contributed by atoms with Gasteiger partial charge in [-0.1, -0.05) is 18.2 Å². The molecule has 2 nitrogen and oxygen atoms in total. The van der Waals surface area contributed by atoms with Crippen LogP contribution in [-0.4, -0.2) is 31.0 Å². The molecule has 0 N–H and O–H groups in total. The summed E-state index contributed by atoms with van der Waals surface area (Å²) < 4.78 is 11.6. The maximum atomic E-state index is 6.04. The second-order valence-electron chi connectivity index (χ2n) is 5.95. The fourth-order valence-corrected chi connectivity index (χ4v) is 5.57. The summed E-state index contributed by atoms with van der Waals surface area (Å²) in [6, 6.07) is 15.1. The summed E-state index contributed by atoms with van der Waals surface area (Å²) in [6.45, 7) is 1.81. The molecule has 2 aliphatic heterocycles. The molecule has 3 heteroatoms. The lowest BCUT2D eigenvalue weighted by Crippen LogP contribution is -2.23. The van der Waals surface area contributed by atoms with Gasteiger partial charge in [0.15, 0.2) is 0 Å². The molecule has 0 aromatic heterocycles. The van der Waals surface area contributed by atoms with Crippen LogP contribution in [0.25, 0.3) is 0 Å². The van der Waals surface area contributed by atoms with E-state index in [-0.39, 0.29) is 0 Å². The van der Waals surface area contributed by atoms with E-state index in [0.29, 0.717) is 0 Å². The molecule has 21 heavy (non-hydrogen) atoms. The summed E-state index contributed by atoms with van der Waals surface area (Å²) in [5.41, 5.74) is 2.61. The minimum atomic E-state index is -0.710. The summed E-state index contributed by atoms with van der Waals surface area (Å²) in [5.74, 6) is 4.39. The first-order valence-corrected chi connectivity index (χ1v) is 9.83. The molecule has 2 aliphatic rings. The minimum Gasteiger partial charge on any atom is -0.457 e. The van der Waals surface area contributed by atoms with Crippen molar-refractivity contribution < 1.29 is 9.47 Å². The van der Waals surface area contributed by atoms with Gasteiger partial charge in [-0.25, -0.2) is 10.0 Å². The zero-order valence-corrected chi connectivity index (χ0v) is 13.1. The third-order valence-corrected chi connectivity index (χ3v) is 8.06. The lowest BCUT2D eigenvalue weighted by atomic mass is 10.0. The highest BCUT2D eigenvalue weighted by Gasteiger charge is 2.26. The van der Waals surface area contributed by atoms with E-state index in [1.807, 2.05) is 6.07 Å². The van der Waals surface area contributed by atoms with Gasteiger partial charge in [-0.05, 0) is 41.0 Å². The Balaban J connectivity index is 1.70. The van der Waals surface area contributed by atoms with Gasteiger partial charge in [0, 0.05) is 23.5 Å². The number of ether oxygens (including phenoxy) is 2. The van der Waals surface area contributed by atoms with Gasteiger partial charge < -0.3 is 9.47 Å². The normalized spacial score (nSPS) is 20.8. The molecule has 110 valence electrons. The zero-order chi connectivity index (χ0) is 14.3. The number of hydrogen-bond acceptors (Lipinski definition) is 2. The molecule has 0 aliphatic carbocycles. The highest BCUT2D eigenvalue weighted by atomic mass is 32.3. The van der Waals surface area contributed by atoms with Crippen LogP contribution in [-0.2, 0) is 11.2 Å². The van der Waals surface area contributed by atoms with Crippen molar-refractivity contribution in [2.45, 2.75) is 11.3 Å². The Morgan fingerprint density at radius 3 is 2.52 bits per heavy atom. The number of hydrogen-bond donors (Lipinski definition) is 0. The van der Waals surface area contributed by atoms with Crippen LogP contribution in [0.1, 0.15) is 11.1 Å². The molecule has 2 aromatic rings. The SMILES string of the molecule is CS1(c2ccc3c(c2)Cc2ccccc2O3)CCOCC1. The van der Waals surface area contributed by atoms with Crippen LogP contribution in [0.5, 0.6) is 11.5 Å². The fraction of sp³-hybridized carbons (Fsp3) is 0.333. The lowest BCUT2D eigenvalue weighted by Gasteiger charge is -2.40. The first-order valence-electron chi connectivity index (χ1n) is 7.45. The van der Waals surface area contributed by atoms with Crippen LogP contribution in [0.15, 0.2) is 47.4 Å². The number of rotatable bonds is 1. The molecule has 0 radical (unpaired) electrons. The van der Waals surface area contributed by atoms with Gasteiger partial charge in [-0.15, -0.1) is 0 Å². The molecule has 2 aromatic carbocycles. The highest BCUT2D eigenvalue weighted by molar-refractivity contribution is 8.33. The molecule has 0 atom stereocenters. The number of fused-ring (bicyclic) bond motifs is 2. The largest absolute Gasteiger partial charge is 0.457 e. The topological polar surface area (TPSA) is 18.5 Å². The van der Waals surface area contributed by atoms with Gasteiger partial charge in [0.1, 0.15) is 11.5 Å². The monoisotopic (exact) mass is 300 g/mol. The molecular weight excluding hydrogens is 280 g/mol. The van der Waals surface area contributed by atoms with Crippen molar-refractivity contribution in [3.63, 3.8) is 0 Å². The van der Waals surface area contributed by atoms with Crippen LogP contribution in [0, 0.1) is 0 Å². The number of benzene rings is 2. The Morgan fingerprint density at radius 2 is 1.67 bits per heavy atom. The van der Waals surface area contributed by atoms with Gasteiger partial charge in [0.25, 0.3) is 0 Å². The van der Waals surface area contributed by atoms with Gasteiger partial charge in [-0.2, -0.15) is 0 Å². The van der Waals surface area contributed by atoms with E-state index in [4.69, 9.17) is 9.47 Å². The maximum Gasteiger partial charge on any atom is 0.131 e. The Morgan fingerprint density at radius 1 is 0.905 bits per heavy atom. The Kier molecular flexibility index (Phi) is 3.20. The van der Waals surface area contributed by atoms with Crippen molar-refractivity contribution in [2.75, 3.05) is 31.0 Å². The Hall–Kier alpha value is -1.45. The van der Waals surface area contributed by atoms with Crippen molar-refractivity contribution in [1.82, 2.24) is 0 Å². The van der Waals surface area contributed by atoms with Crippen molar-refractivity contribution in [3.05, 3.63) is 53.6 Å². The summed E-state index contributed by atoms with van der Waals surface area (Å²) in [4.78, 5) is 1.51.